The van der Waals surface area contributed by atoms with Crippen LogP contribution in [0.5, 0.6) is 0 Å². The first kappa shape index (κ1) is 18.5. The molecule has 134 valence electrons. The van der Waals surface area contributed by atoms with E-state index in [0.717, 1.165) is 12.1 Å². The van der Waals surface area contributed by atoms with E-state index in [1.54, 1.807) is 0 Å². The zero-order valence-electron chi connectivity index (χ0n) is 13.5. The lowest BCUT2D eigenvalue weighted by atomic mass is 9.88. The molecule has 0 amide bonds. The van der Waals surface area contributed by atoms with Gasteiger partial charge in [0, 0.05) is 43.1 Å². The number of nitrogens with one attached hydrogen (secondary N) is 1. The number of non-ortho nitro benzene ring substituents is 1. The molecular weight excluding hydrogens is 327 g/mol. The number of nitrogens with zero attached hydrogens (tertiary/aromatic N) is 2. The van der Waals surface area contributed by atoms with E-state index in [2.05, 4.69) is 5.32 Å². The van der Waals surface area contributed by atoms with Crippen LogP contribution in [0.15, 0.2) is 18.2 Å². The average molecular weight is 347 g/mol. The Bertz CT molecular complexity index is 599. The number of hydrogen-bond donors (Lipinski definition) is 1. The highest BCUT2D eigenvalue weighted by atomic mass is 19.4. The predicted molar refractivity (Wildman–Crippen MR) is 83.1 cm³/mol. The SMILES string of the molecule is CN(C)C1(CNc2ccc([N+](=O)[O-])cc2C(F)(F)F)CCOCC1. The summed E-state index contributed by atoms with van der Waals surface area (Å²) < 4.78 is 45.0. The van der Waals surface area contributed by atoms with E-state index >= 15 is 0 Å². The number of anilines is 1. The standard InChI is InChI=1S/C15H20F3N3O3/c1-20(2)14(5-7-24-8-6-14)10-19-13-4-3-11(21(22)23)9-12(13)15(16,17)18/h3-4,9,19H,5-8,10H2,1-2H3. The van der Waals surface area contributed by atoms with E-state index in [-0.39, 0.29) is 11.2 Å². The number of benzene rings is 1. The Morgan fingerprint density at radius 2 is 1.96 bits per heavy atom. The van der Waals surface area contributed by atoms with Crippen LogP contribution in [0.2, 0.25) is 0 Å². The molecule has 1 fully saturated rings. The maximum Gasteiger partial charge on any atom is 0.418 e. The summed E-state index contributed by atoms with van der Waals surface area (Å²) in [5, 5.41) is 13.6. The quantitative estimate of drug-likeness (QED) is 0.655. The first-order valence-electron chi connectivity index (χ1n) is 7.50. The third-order valence-corrected chi connectivity index (χ3v) is 4.50. The van der Waals surface area contributed by atoms with Crippen molar-refractivity contribution in [3.05, 3.63) is 33.9 Å². The number of nitro benzene ring substituents is 1. The van der Waals surface area contributed by atoms with E-state index in [0.29, 0.717) is 38.7 Å². The zero-order valence-corrected chi connectivity index (χ0v) is 13.5. The highest BCUT2D eigenvalue weighted by Crippen LogP contribution is 2.37. The second-order valence-corrected chi connectivity index (χ2v) is 6.07. The van der Waals surface area contributed by atoms with Crippen LogP contribution in [0.3, 0.4) is 0 Å². The number of hydrogen-bond acceptors (Lipinski definition) is 5. The van der Waals surface area contributed by atoms with Crippen LogP contribution in [0.25, 0.3) is 0 Å². The van der Waals surface area contributed by atoms with Gasteiger partial charge in [-0.05, 0) is 33.0 Å². The minimum Gasteiger partial charge on any atom is -0.383 e. The Kier molecular flexibility index (Phi) is 5.34. The predicted octanol–water partition coefficient (Wildman–Crippen LogP) is 3.14. The van der Waals surface area contributed by atoms with Gasteiger partial charge in [-0.2, -0.15) is 13.2 Å². The van der Waals surface area contributed by atoms with Gasteiger partial charge in [-0.1, -0.05) is 0 Å². The van der Waals surface area contributed by atoms with Crippen molar-refractivity contribution in [2.75, 3.05) is 39.2 Å². The van der Waals surface area contributed by atoms with Crippen molar-refractivity contribution in [2.45, 2.75) is 24.6 Å². The normalized spacial score (nSPS) is 17.8. The smallest absolute Gasteiger partial charge is 0.383 e. The van der Waals surface area contributed by atoms with E-state index in [4.69, 9.17) is 4.74 Å². The fraction of sp³-hybridized carbons (Fsp3) is 0.600. The lowest BCUT2D eigenvalue weighted by Crippen LogP contribution is -2.53. The van der Waals surface area contributed by atoms with Crippen LogP contribution in [-0.4, -0.2) is 49.2 Å². The molecule has 1 aliphatic heterocycles. The topological polar surface area (TPSA) is 67.6 Å². The molecule has 2 rings (SSSR count). The van der Waals surface area contributed by atoms with Crippen LogP contribution in [0.4, 0.5) is 24.5 Å². The molecule has 0 atom stereocenters. The van der Waals surface area contributed by atoms with Crippen LogP contribution in [0.1, 0.15) is 18.4 Å². The second-order valence-electron chi connectivity index (χ2n) is 6.07. The maximum atomic E-state index is 13.2. The summed E-state index contributed by atoms with van der Waals surface area (Å²) >= 11 is 0. The molecule has 0 saturated carbocycles. The summed E-state index contributed by atoms with van der Waals surface area (Å²) in [5.41, 5.74) is -2.08. The first-order chi connectivity index (χ1) is 11.2. The molecule has 1 N–H and O–H groups in total. The van der Waals surface area contributed by atoms with Crippen molar-refractivity contribution < 1.29 is 22.8 Å². The van der Waals surface area contributed by atoms with Crippen LogP contribution in [0, 0.1) is 10.1 Å². The Balaban J connectivity index is 2.26. The number of rotatable bonds is 5. The zero-order chi connectivity index (χ0) is 18.0. The Morgan fingerprint density at radius 1 is 1.33 bits per heavy atom. The van der Waals surface area contributed by atoms with Gasteiger partial charge in [-0.3, -0.25) is 10.1 Å². The highest BCUT2D eigenvalue weighted by Gasteiger charge is 2.38. The lowest BCUT2D eigenvalue weighted by molar-refractivity contribution is -0.385. The second kappa shape index (κ2) is 6.94. The lowest BCUT2D eigenvalue weighted by Gasteiger charge is -2.43. The fourth-order valence-electron chi connectivity index (χ4n) is 2.83. The molecule has 1 saturated heterocycles. The van der Waals surface area contributed by atoms with Crippen LogP contribution >= 0.6 is 0 Å². The molecule has 1 heterocycles. The van der Waals surface area contributed by atoms with Crippen LogP contribution in [-0.2, 0) is 10.9 Å². The van der Waals surface area contributed by atoms with Crippen molar-refractivity contribution in [3.63, 3.8) is 0 Å². The van der Waals surface area contributed by atoms with Gasteiger partial charge in [0.25, 0.3) is 5.69 Å². The Morgan fingerprint density at radius 3 is 2.46 bits per heavy atom. The van der Waals surface area contributed by atoms with Gasteiger partial charge in [0.1, 0.15) is 0 Å². The molecule has 1 aliphatic rings. The molecule has 9 heteroatoms. The monoisotopic (exact) mass is 347 g/mol. The number of nitro groups is 1. The molecule has 6 nitrogen and oxygen atoms in total. The molecule has 1 aromatic carbocycles. The molecular formula is C15H20F3N3O3. The van der Waals surface area contributed by atoms with Gasteiger partial charge in [0.05, 0.1) is 10.5 Å². The third kappa shape index (κ3) is 3.96. The van der Waals surface area contributed by atoms with Gasteiger partial charge in [0.15, 0.2) is 0 Å². The first-order valence-corrected chi connectivity index (χ1v) is 7.50. The average Bonchev–Trinajstić information content (AvgIpc) is 2.52. The molecule has 0 unspecified atom stereocenters. The van der Waals surface area contributed by atoms with E-state index in [1.807, 2.05) is 19.0 Å². The van der Waals surface area contributed by atoms with E-state index in [9.17, 15) is 23.3 Å². The number of ether oxygens (including phenoxy) is 1. The summed E-state index contributed by atoms with van der Waals surface area (Å²) in [4.78, 5) is 11.9. The molecule has 0 aliphatic carbocycles. The van der Waals surface area contributed by atoms with Gasteiger partial charge in [-0.25, -0.2) is 0 Å². The van der Waals surface area contributed by atoms with E-state index in [1.165, 1.54) is 0 Å². The summed E-state index contributed by atoms with van der Waals surface area (Å²) in [6.07, 6.45) is -3.28. The van der Waals surface area contributed by atoms with Crippen LogP contribution < -0.4 is 5.32 Å². The number of halogens is 3. The summed E-state index contributed by atoms with van der Waals surface area (Å²) in [5.74, 6) is 0. The molecule has 24 heavy (non-hydrogen) atoms. The van der Waals surface area contributed by atoms with Crippen molar-refractivity contribution in [1.82, 2.24) is 4.90 Å². The van der Waals surface area contributed by atoms with Crippen molar-refractivity contribution in [3.8, 4) is 0 Å². The van der Waals surface area contributed by atoms with E-state index < -0.39 is 22.4 Å². The summed E-state index contributed by atoms with van der Waals surface area (Å²) in [6, 6.07) is 2.75. The minimum atomic E-state index is -4.67. The van der Waals surface area contributed by atoms with Crippen molar-refractivity contribution >= 4 is 11.4 Å². The Hall–Kier alpha value is -1.87. The fourth-order valence-corrected chi connectivity index (χ4v) is 2.83. The third-order valence-electron chi connectivity index (χ3n) is 4.50. The van der Waals surface area contributed by atoms with Crippen molar-refractivity contribution in [1.29, 1.82) is 0 Å². The van der Waals surface area contributed by atoms with Gasteiger partial charge < -0.3 is 15.0 Å². The largest absolute Gasteiger partial charge is 0.418 e. The Labute approximate surface area is 137 Å². The highest BCUT2D eigenvalue weighted by molar-refractivity contribution is 5.57. The minimum absolute atomic E-state index is 0.152. The summed E-state index contributed by atoms with van der Waals surface area (Å²) in [7, 11) is 3.76. The van der Waals surface area contributed by atoms with Gasteiger partial charge in [0.2, 0.25) is 0 Å². The molecule has 0 bridgehead atoms. The van der Waals surface area contributed by atoms with Gasteiger partial charge in [-0.15, -0.1) is 0 Å². The summed E-state index contributed by atoms with van der Waals surface area (Å²) in [6.45, 7) is 1.39. The maximum absolute atomic E-state index is 13.2. The molecule has 0 radical (unpaired) electrons. The van der Waals surface area contributed by atoms with Crippen molar-refractivity contribution in [2.24, 2.45) is 0 Å². The number of likely N-dealkylation sites (N-methyl/N-ethyl adjacent to an activating group) is 1. The van der Waals surface area contributed by atoms with Gasteiger partial charge >= 0.3 is 6.18 Å². The molecule has 0 aromatic heterocycles. The molecule has 0 spiro atoms. The molecule has 1 aromatic rings. The number of alkyl halides is 3.